The van der Waals surface area contributed by atoms with E-state index in [1.807, 2.05) is 44.4 Å². The molecule has 36 heavy (non-hydrogen) atoms. The summed E-state index contributed by atoms with van der Waals surface area (Å²) in [5, 5.41) is 15.2. The summed E-state index contributed by atoms with van der Waals surface area (Å²) in [6.45, 7) is 11.4. The molecule has 200 valence electrons. The second-order valence-electron chi connectivity index (χ2n) is 9.85. The lowest BCUT2D eigenvalue weighted by Gasteiger charge is -2.33. The summed E-state index contributed by atoms with van der Waals surface area (Å²) < 4.78 is 5.36. The molecule has 1 aromatic rings. The van der Waals surface area contributed by atoms with Crippen molar-refractivity contribution in [3.63, 3.8) is 0 Å². The minimum absolute atomic E-state index is 0.301. The fraction of sp³-hybridized carbons (Fsp3) is 0.630. The third-order valence-corrected chi connectivity index (χ3v) is 6.25. The van der Waals surface area contributed by atoms with Gasteiger partial charge in [0.15, 0.2) is 0 Å². The van der Waals surface area contributed by atoms with Gasteiger partial charge in [-0.25, -0.2) is 4.79 Å². The Balaban J connectivity index is 3.39. The zero-order chi connectivity index (χ0) is 27.3. The Morgan fingerprint density at radius 1 is 1.17 bits per heavy atom. The van der Waals surface area contributed by atoms with Crippen LogP contribution in [-0.2, 0) is 14.3 Å². The third kappa shape index (κ3) is 10.5. The zero-order valence-electron chi connectivity index (χ0n) is 22.8. The Bertz CT molecular complexity index is 923. The fourth-order valence-electron chi connectivity index (χ4n) is 3.61. The highest BCUT2D eigenvalue weighted by Gasteiger charge is 2.36. The van der Waals surface area contributed by atoms with Gasteiger partial charge in [-0.15, -0.1) is 0 Å². The Morgan fingerprint density at radius 3 is 2.42 bits per heavy atom. The molecule has 0 aliphatic carbocycles. The van der Waals surface area contributed by atoms with Crippen LogP contribution in [0.15, 0.2) is 18.2 Å². The molecule has 0 spiro atoms. The normalized spacial score (nSPS) is 12.7. The monoisotopic (exact) mass is 518 g/mol. The average molecular weight is 519 g/mol. The minimum Gasteiger partial charge on any atom is -0.444 e. The number of rotatable bonds is 13. The van der Waals surface area contributed by atoms with Crippen LogP contribution in [0.2, 0.25) is 0 Å². The van der Waals surface area contributed by atoms with E-state index >= 15 is 0 Å². The van der Waals surface area contributed by atoms with Crippen molar-refractivity contribution in [2.45, 2.75) is 84.9 Å². The second-order valence-corrected chi connectivity index (χ2v) is 10.8. The van der Waals surface area contributed by atoms with Crippen molar-refractivity contribution in [1.29, 1.82) is 5.26 Å². The van der Waals surface area contributed by atoms with Crippen molar-refractivity contribution in [2.24, 2.45) is 0 Å². The highest BCUT2D eigenvalue weighted by Crippen LogP contribution is 2.25. The number of carbonyl (C=O) groups excluding carboxylic acids is 3. The van der Waals surface area contributed by atoms with Gasteiger partial charge in [0.05, 0.1) is 6.07 Å². The molecule has 0 aliphatic rings. The lowest BCUT2D eigenvalue weighted by atomic mass is 9.98. The Kier molecular flexibility index (Phi) is 13.4. The number of nitrogens with one attached hydrogen (secondary N) is 2. The smallest absolute Gasteiger partial charge is 0.408 e. The number of ether oxygens (including phenoxy) is 1. The molecule has 0 aliphatic heterocycles. The number of benzene rings is 1. The first-order valence-corrected chi connectivity index (χ1v) is 13.8. The number of nitrogens with zero attached hydrogens (tertiary/aromatic N) is 2. The van der Waals surface area contributed by atoms with Crippen LogP contribution in [0.5, 0.6) is 0 Å². The molecular formula is C27H42N4O4S. The first-order valence-electron chi connectivity index (χ1n) is 12.5. The molecule has 1 aromatic carbocycles. The van der Waals surface area contributed by atoms with Crippen molar-refractivity contribution < 1.29 is 19.1 Å². The van der Waals surface area contributed by atoms with Gasteiger partial charge in [0.2, 0.25) is 11.8 Å². The maximum atomic E-state index is 13.8. The molecule has 0 radical (unpaired) electrons. The number of nitriles is 1. The van der Waals surface area contributed by atoms with E-state index in [-0.39, 0.29) is 12.5 Å². The molecule has 0 fully saturated rings. The number of alkyl carbamates (subject to hydrolysis) is 1. The summed E-state index contributed by atoms with van der Waals surface area (Å²) in [5.41, 5.74) is 1.93. The quantitative estimate of drug-likeness (QED) is 0.290. The molecule has 8 nitrogen and oxygen atoms in total. The van der Waals surface area contributed by atoms with E-state index < -0.39 is 29.7 Å². The lowest BCUT2D eigenvalue weighted by molar-refractivity contribution is -0.141. The molecule has 2 atom stereocenters. The van der Waals surface area contributed by atoms with Crippen LogP contribution in [0.25, 0.3) is 0 Å². The lowest BCUT2D eigenvalue weighted by Crippen LogP contribution is -2.53. The molecule has 0 heterocycles. The fourth-order valence-corrected chi connectivity index (χ4v) is 4.08. The summed E-state index contributed by atoms with van der Waals surface area (Å²) in [4.78, 5) is 41.0. The van der Waals surface area contributed by atoms with Gasteiger partial charge in [-0.05, 0) is 76.2 Å². The number of thioether (sulfide) groups is 1. The van der Waals surface area contributed by atoms with Crippen molar-refractivity contribution in [2.75, 3.05) is 25.1 Å². The van der Waals surface area contributed by atoms with Gasteiger partial charge in [-0.3, -0.25) is 9.59 Å². The molecule has 3 amide bonds. The maximum absolute atomic E-state index is 13.8. The first-order chi connectivity index (χ1) is 16.9. The number of hydrogen-bond donors (Lipinski definition) is 2. The molecular weight excluding hydrogens is 476 g/mol. The van der Waals surface area contributed by atoms with E-state index in [0.29, 0.717) is 24.3 Å². The summed E-state index contributed by atoms with van der Waals surface area (Å²) in [5.74, 6) is -0.244. The van der Waals surface area contributed by atoms with Crippen LogP contribution in [0, 0.1) is 25.2 Å². The van der Waals surface area contributed by atoms with Crippen molar-refractivity contribution in [1.82, 2.24) is 15.5 Å². The SMILES string of the molecule is CCCCCNC(=O)C(c1ccc(C)c(C)c1)N(CC#N)C(=O)C(CCSC)NC(=O)OC(C)(C)C. The first kappa shape index (κ1) is 31.3. The Morgan fingerprint density at radius 2 is 1.86 bits per heavy atom. The van der Waals surface area contributed by atoms with E-state index in [1.54, 1.807) is 20.8 Å². The third-order valence-electron chi connectivity index (χ3n) is 5.61. The summed E-state index contributed by atoms with van der Waals surface area (Å²) in [6.07, 6.45) is 4.34. The molecule has 1 rings (SSSR count). The number of carbonyl (C=O) groups is 3. The number of unbranched alkanes of at least 4 members (excludes halogenated alkanes) is 2. The molecule has 0 saturated heterocycles. The predicted octanol–water partition coefficient (Wildman–Crippen LogP) is 4.65. The summed E-state index contributed by atoms with van der Waals surface area (Å²) in [6, 6.07) is 5.68. The maximum Gasteiger partial charge on any atom is 0.408 e. The Labute approximate surface area is 220 Å². The van der Waals surface area contributed by atoms with Gasteiger partial charge >= 0.3 is 6.09 Å². The van der Waals surface area contributed by atoms with Gasteiger partial charge in [0.25, 0.3) is 0 Å². The van der Waals surface area contributed by atoms with Gasteiger partial charge in [0.1, 0.15) is 24.2 Å². The molecule has 0 bridgehead atoms. The summed E-state index contributed by atoms with van der Waals surface area (Å²) >= 11 is 1.54. The minimum atomic E-state index is -1.00. The molecule has 2 N–H and O–H groups in total. The largest absolute Gasteiger partial charge is 0.444 e. The van der Waals surface area contributed by atoms with Gasteiger partial charge in [-0.2, -0.15) is 17.0 Å². The van der Waals surface area contributed by atoms with Crippen LogP contribution in [0.4, 0.5) is 4.79 Å². The van der Waals surface area contributed by atoms with E-state index in [9.17, 15) is 19.6 Å². The van der Waals surface area contributed by atoms with E-state index in [2.05, 4.69) is 17.6 Å². The highest BCUT2D eigenvalue weighted by atomic mass is 32.2. The van der Waals surface area contributed by atoms with Gasteiger partial charge in [0, 0.05) is 6.54 Å². The molecule has 2 unspecified atom stereocenters. The van der Waals surface area contributed by atoms with Crippen LogP contribution < -0.4 is 10.6 Å². The van der Waals surface area contributed by atoms with Crippen molar-refractivity contribution in [3.8, 4) is 6.07 Å². The van der Waals surface area contributed by atoms with Gasteiger partial charge in [-0.1, -0.05) is 38.0 Å². The van der Waals surface area contributed by atoms with Crippen LogP contribution in [0.1, 0.15) is 76.1 Å². The van der Waals surface area contributed by atoms with E-state index in [4.69, 9.17) is 4.74 Å². The molecule has 9 heteroatoms. The van der Waals surface area contributed by atoms with Crippen molar-refractivity contribution in [3.05, 3.63) is 34.9 Å². The standard InChI is InChI=1S/C27H42N4O4S/c1-8-9-10-15-29-24(32)23(21-12-11-19(2)20(3)18-21)31(16-14-28)25(33)22(13-17-36-7)30-26(34)35-27(4,5)6/h11-12,18,22-23H,8-10,13,15-17H2,1-7H3,(H,29,32)(H,30,34). The average Bonchev–Trinajstić information content (AvgIpc) is 2.79. The zero-order valence-corrected chi connectivity index (χ0v) is 23.6. The topological polar surface area (TPSA) is 112 Å². The second kappa shape index (κ2) is 15.4. The van der Waals surface area contributed by atoms with Gasteiger partial charge < -0.3 is 20.3 Å². The molecule has 0 saturated carbocycles. The van der Waals surface area contributed by atoms with Crippen LogP contribution in [-0.4, -0.2) is 59.5 Å². The van der Waals surface area contributed by atoms with E-state index in [1.165, 1.54) is 16.7 Å². The number of hydrogen-bond acceptors (Lipinski definition) is 6. The summed E-state index contributed by atoms with van der Waals surface area (Å²) in [7, 11) is 0. The predicted molar refractivity (Wildman–Crippen MR) is 145 cm³/mol. The highest BCUT2D eigenvalue weighted by molar-refractivity contribution is 7.98. The van der Waals surface area contributed by atoms with E-state index in [0.717, 1.165) is 30.4 Å². The Hall–Kier alpha value is -2.73. The molecule has 0 aromatic heterocycles. The van der Waals surface area contributed by atoms with Crippen LogP contribution >= 0.6 is 11.8 Å². The number of aryl methyl sites for hydroxylation is 2. The van der Waals surface area contributed by atoms with Crippen molar-refractivity contribution >= 4 is 29.7 Å². The number of amides is 3. The van der Waals surface area contributed by atoms with Crippen LogP contribution in [0.3, 0.4) is 0 Å².